The Morgan fingerprint density at radius 3 is 2.52 bits per heavy atom. The van der Waals surface area contributed by atoms with Crippen molar-refractivity contribution in [3.05, 3.63) is 71.3 Å². The van der Waals surface area contributed by atoms with Gasteiger partial charge < -0.3 is 0 Å². The van der Waals surface area contributed by atoms with Gasteiger partial charge in [0.25, 0.3) is 0 Å². The highest BCUT2D eigenvalue weighted by molar-refractivity contribution is 8.15. The third-order valence-electron chi connectivity index (χ3n) is 4.00. The number of aryl methyl sites for hydroxylation is 1. The van der Waals surface area contributed by atoms with Gasteiger partial charge in [-0.15, -0.1) is 5.10 Å². The molecule has 0 aromatic heterocycles. The monoisotopic (exact) mass is 351 g/mol. The zero-order valence-electron chi connectivity index (χ0n) is 14.4. The maximum atomic E-state index is 12.6. The largest absolute Gasteiger partial charge is 0.284 e. The number of thioether (sulfide) groups is 1. The maximum absolute atomic E-state index is 12.6. The Morgan fingerprint density at radius 2 is 1.84 bits per heavy atom. The van der Waals surface area contributed by atoms with Gasteiger partial charge in [-0.3, -0.25) is 9.69 Å². The van der Waals surface area contributed by atoms with Gasteiger partial charge in [-0.1, -0.05) is 78.8 Å². The van der Waals surface area contributed by atoms with E-state index in [0.717, 1.165) is 17.5 Å². The number of nitrogens with zero attached hydrogens (tertiary/aromatic N) is 3. The first-order valence-corrected chi connectivity index (χ1v) is 9.25. The van der Waals surface area contributed by atoms with Crippen LogP contribution < -0.4 is 0 Å². The second kappa shape index (κ2) is 8.12. The Morgan fingerprint density at radius 1 is 1.12 bits per heavy atom. The minimum atomic E-state index is -0.0722. The molecule has 1 heterocycles. The lowest BCUT2D eigenvalue weighted by Crippen LogP contribution is -2.31. The average molecular weight is 351 g/mol. The fourth-order valence-electron chi connectivity index (χ4n) is 2.55. The van der Waals surface area contributed by atoms with Crippen LogP contribution in [0.2, 0.25) is 0 Å². The molecule has 5 heteroatoms. The van der Waals surface area contributed by atoms with Crippen molar-refractivity contribution in [2.75, 3.05) is 0 Å². The van der Waals surface area contributed by atoms with E-state index in [1.54, 1.807) is 11.1 Å². The summed E-state index contributed by atoms with van der Waals surface area (Å²) in [5, 5.41) is 9.12. The zero-order valence-corrected chi connectivity index (χ0v) is 15.2. The van der Waals surface area contributed by atoms with Crippen LogP contribution in [0.5, 0.6) is 0 Å². The van der Waals surface area contributed by atoms with Crippen LogP contribution in [-0.4, -0.2) is 27.4 Å². The van der Waals surface area contributed by atoms with Crippen LogP contribution in [-0.2, 0) is 11.3 Å². The molecular formula is C20H21N3OS. The Labute approximate surface area is 152 Å². The van der Waals surface area contributed by atoms with Crippen LogP contribution in [0.1, 0.15) is 30.0 Å². The number of carbonyl (C=O) groups excluding carboxylic acids is 1. The maximum Gasteiger partial charge on any atom is 0.242 e. The topological polar surface area (TPSA) is 45.0 Å². The highest BCUT2D eigenvalue weighted by Gasteiger charge is 2.36. The van der Waals surface area contributed by atoms with Crippen molar-refractivity contribution in [3.63, 3.8) is 0 Å². The summed E-state index contributed by atoms with van der Waals surface area (Å²) in [5.41, 5.74) is 3.29. The van der Waals surface area contributed by atoms with E-state index in [0.29, 0.717) is 11.7 Å². The molecule has 1 amide bonds. The second-order valence-electron chi connectivity index (χ2n) is 5.96. The molecule has 0 bridgehead atoms. The minimum Gasteiger partial charge on any atom is -0.284 e. The Balaban J connectivity index is 1.78. The molecule has 128 valence electrons. The summed E-state index contributed by atoms with van der Waals surface area (Å²) in [5.74, 6) is 0.112. The van der Waals surface area contributed by atoms with E-state index in [9.17, 15) is 4.79 Å². The van der Waals surface area contributed by atoms with Gasteiger partial charge in [0, 0.05) is 0 Å². The van der Waals surface area contributed by atoms with Crippen molar-refractivity contribution in [1.29, 1.82) is 0 Å². The summed E-state index contributed by atoms with van der Waals surface area (Å²) in [7, 11) is 0. The molecule has 0 saturated carbocycles. The van der Waals surface area contributed by atoms with Crippen LogP contribution in [0.3, 0.4) is 0 Å². The number of carbonyl (C=O) groups is 1. The Hall–Kier alpha value is -2.40. The zero-order chi connectivity index (χ0) is 17.6. The Bertz CT molecular complexity index is 784. The molecule has 3 rings (SSSR count). The number of hydrogen-bond acceptors (Lipinski definition) is 4. The van der Waals surface area contributed by atoms with Gasteiger partial charge in [0.1, 0.15) is 0 Å². The van der Waals surface area contributed by atoms with Gasteiger partial charge in [0.15, 0.2) is 5.17 Å². The lowest BCUT2D eigenvalue weighted by Gasteiger charge is -2.15. The lowest BCUT2D eigenvalue weighted by atomic mass is 10.2. The van der Waals surface area contributed by atoms with Gasteiger partial charge in [0.05, 0.1) is 18.0 Å². The lowest BCUT2D eigenvalue weighted by molar-refractivity contribution is -0.126. The first-order chi connectivity index (χ1) is 12.2. The molecule has 1 fully saturated rings. The van der Waals surface area contributed by atoms with Crippen molar-refractivity contribution >= 4 is 29.1 Å². The highest BCUT2D eigenvalue weighted by Crippen LogP contribution is 2.30. The quantitative estimate of drug-likeness (QED) is 0.597. The van der Waals surface area contributed by atoms with E-state index in [-0.39, 0.29) is 11.2 Å². The van der Waals surface area contributed by atoms with Crippen molar-refractivity contribution in [3.8, 4) is 0 Å². The minimum absolute atomic E-state index is 0.0722. The summed E-state index contributed by atoms with van der Waals surface area (Å²) in [4.78, 5) is 14.3. The van der Waals surface area contributed by atoms with Crippen LogP contribution in [0, 0.1) is 6.92 Å². The predicted molar refractivity (Wildman–Crippen MR) is 105 cm³/mol. The van der Waals surface area contributed by atoms with Gasteiger partial charge in [-0.2, -0.15) is 5.10 Å². The van der Waals surface area contributed by atoms with Crippen LogP contribution >= 0.6 is 11.8 Å². The number of amidine groups is 1. The summed E-state index contributed by atoms with van der Waals surface area (Å²) >= 11 is 1.50. The molecule has 0 aliphatic carbocycles. The standard InChI is InChI=1S/C20H21N3OS/c1-3-18-19(24)23(14-17-7-5-4-6-8-17)20(25-18)22-21-13-16-11-9-15(2)10-12-16/h4-13,18H,3,14H2,1-2H3/b21-13-,22-20+/t18-/m0/s1. The van der Waals surface area contributed by atoms with E-state index >= 15 is 0 Å². The molecule has 2 aromatic rings. The second-order valence-corrected chi connectivity index (χ2v) is 7.13. The molecule has 2 aromatic carbocycles. The van der Waals surface area contributed by atoms with Gasteiger partial charge >= 0.3 is 0 Å². The molecule has 1 atom stereocenters. The van der Waals surface area contributed by atoms with E-state index in [4.69, 9.17) is 0 Å². The number of benzene rings is 2. The van der Waals surface area contributed by atoms with E-state index in [1.165, 1.54) is 17.3 Å². The predicted octanol–water partition coefficient (Wildman–Crippen LogP) is 4.24. The molecule has 25 heavy (non-hydrogen) atoms. The first-order valence-electron chi connectivity index (χ1n) is 8.37. The average Bonchev–Trinajstić information content (AvgIpc) is 2.93. The first kappa shape index (κ1) is 17.4. The van der Waals surface area contributed by atoms with Crippen molar-refractivity contribution in [2.24, 2.45) is 10.2 Å². The SMILES string of the molecule is CC[C@@H]1S/C(=N/N=C\c2ccc(C)cc2)N(Cc2ccccc2)C1=O. The molecule has 4 nitrogen and oxygen atoms in total. The number of hydrogen-bond donors (Lipinski definition) is 0. The summed E-state index contributed by atoms with van der Waals surface area (Å²) < 4.78 is 0. The van der Waals surface area contributed by atoms with Gasteiger partial charge in [-0.25, -0.2) is 0 Å². The molecule has 0 N–H and O–H groups in total. The van der Waals surface area contributed by atoms with E-state index in [2.05, 4.69) is 10.2 Å². The number of rotatable bonds is 5. The smallest absolute Gasteiger partial charge is 0.242 e. The summed E-state index contributed by atoms with van der Waals surface area (Å²) in [6, 6.07) is 18.0. The van der Waals surface area contributed by atoms with Crippen molar-refractivity contribution < 1.29 is 4.79 Å². The number of amides is 1. The van der Waals surface area contributed by atoms with Gasteiger partial charge in [-0.05, 0) is 24.5 Å². The van der Waals surface area contributed by atoms with Crippen LogP contribution in [0.4, 0.5) is 0 Å². The summed E-state index contributed by atoms with van der Waals surface area (Å²) in [6.45, 7) is 4.60. The third kappa shape index (κ3) is 4.37. The van der Waals surface area contributed by atoms with E-state index < -0.39 is 0 Å². The normalized spacial score (nSPS) is 19.3. The Kier molecular flexibility index (Phi) is 5.66. The summed E-state index contributed by atoms with van der Waals surface area (Å²) in [6.07, 6.45) is 2.51. The molecule has 1 aliphatic rings. The van der Waals surface area contributed by atoms with Crippen LogP contribution in [0.15, 0.2) is 64.8 Å². The van der Waals surface area contributed by atoms with Crippen molar-refractivity contribution in [1.82, 2.24) is 4.90 Å². The fraction of sp³-hybridized carbons (Fsp3) is 0.250. The highest BCUT2D eigenvalue weighted by atomic mass is 32.2. The van der Waals surface area contributed by atoms with Gasteiger partial charge in [0.2, 0.25) is 5.91 Å². The molecule has 0 spiro atoms. The fourth-order valence-corrected chi connectivity index (χ4v) is 3.58. The molecular weight excluding hydrogens is 330 g/mol. The molecule has 1 aliphatic heterocycles. The van der Waals surface area contributed by atoms with Crippen molar-refractivity contribution in [2.45, 2.75) is 32.1 Å². The molecule has 1 saturated heterocycles. The molecule has 0 unspecified atom stereocenters. The molecule has 0 radical (unpaired) electrons. The third-order valence-corrected chi connectivity index (χ3v) is 5.33. The van der Waals surface area contributed by atoms with Crippen LogP contribution in [0.25, 0.3) is 0 Å². The van der Waals surface area contributed by atoms with E-state index in [1.807, 2.05) is 68.4 Å².